The van der Waals surface area contributed by atoms with E-state index >= 15 is 0 Å². The molecule has 1 heterocycles. The van der Waals surface area contributed by atoms with Crippen LogP contribution in [0.5, 0.6) is 0 Å². The van der Waals surface area contributed by atoms with Crippen LogP contribution in [0.25, 0.3) is 0 Å². The monoisotopic (exact) mass is 367 g/mol. The van der Waals surface area contributed by atoms with Crippen molar-refractivity contribution in [1.29, 1.82) is 0 Å². The third-order valence-electron chi connectivity index (χ3n) is 3.54. The van der Waals surface area contributed by atoms with Gasteiger partial charge in [-0.15, -0.1) is 0 Å². The second-order valence-corrected chi connectivity index (χ2v) is 6.57. The smallest absolute Gasteiger partial charge is 0.254 e. The lowest BCUT2D eigenvalue weighted by atomic mass is 10.2. The van der Waals surface area contributed by atoms with E-state index in [1.165, 1.54) is 0 Å². The number of nitrogens with zero attached hydrogens (tertiary/aromatic N) is 1. The molecule has 0 radical (unpaired) electrons. The molecule has 5 heteroatoms. The Bertz CT molecular complexity index is 679. The summed E-state index contributed by atoms with van der Waals surface area (Å²) in [7, 11) is 0. The normalized spacial score (nSPS) is 14.2. The molecule has 1 aliphatic carbocycles. The lowest BCUT2D eigenvalue weighted by Gasteiger charge is -2.21. The zero-order chi connectivity index (χ0) is 15.0. The Labute approximate surface area is 137 Å². The Kier molecular flexibility index (Phi) is 4.09. The largest absolute Gasteiger partial charge is 0.464 e. The van der Waals surface area contributed by atoms with Crippen LogP contribution in [0.15, 0.2) is 39.2 Å². The fourth-order valence-electron chi connectivity index (χ4n) is 2.29. The molecule has 1 aromatic carbocycles. The first-order valence-corrected chi connectivity index (χ1v) is 8.03. The lowest BCUT2D eigenvalue weighted by Crippen LogP contribution is -2.32. The van der Waals surface area contributed by atoms with Gasteiger partial charge in [0.2, 0.25) is 0 Å². The summed E-state index contributed by atoms with van der Waals surface area (Å²) < 4.78 is 6.33. The van der Waals surface area contributed by atoms with E-state index in [4.69, 9.17) is 16.0 Å². The standard InChI is InChI=1S/C16H15BrClNO2/c1-10-2-6-13(21-10)9-19(12-4-5-12)16(20)11-3-7-15(18)14(17)8-11/h2-3,6-8,12H,4-5,9H2,1H3. The summed E-state index contributed by atoms with van der Waals surface area (Å²) in [6.45, 7) is 2.42. The van der Waals surface area contributed by atoms with E-state index in [2.05, 4.69) is 15.9 Å². The first-order chi connectivity index (χ1) is 10.0. The average Bonchev–Trinajstić information content (AvgIpc) is 3.21. The number of amides is 1. The summed E-state index contributed by atoms with van der Waals surface area (Å²) in [5.74, 6) is 1.70. The van der Waals surface area contributed by atoms with E-state index in [-0.39, 0.29) is 5.91 Å². The molecule has 0 unspecified atom stereocenters. The lowest BCUT2D eigenvalue weighted by molar-refractivity contribution is 0.0717. The molecule has 1 aliphatic rings. The van der Waals surface area contributed by atoms with Gasteiger partial charge in [-0.3, -0.25) is 4.79 Å². The van der Waals surface area contributed by atoms with Gasteiger partial charge in [0, 0.05) is 16.1 Å². The van der Waals surface area contributed by atoms with Gasteiger partial charge in [0.05, 0.1) is 11.6 Å². The molecule has 0 aliphatic heterocycles. The van der Waals surface area contributed by atoms with Crippen molar-refractivity contribution in [2.75, 3.05) is 0 Å². The SMILES string of the molecule is Cc1ccc(CN(C(=O)c2ccc(Cl)c(Br)c2)C2CC2)o1. The van der Waals surface area contributed by atoms with Crippen LogP contribution < -0.4 is 0 Å². The van der Waals surface area contributed by atoms with Crippen LogP contribution in [0.1, 0.15) is 34.7 Å². The molecule has 0 bridgehead atoms. The topological polar surface area (TPSA) is 33.5 Å². The van der Waals surface area contributed by atoms with Gasteiger partial charge in [-0.25, -0.2) is 0 Å². The van der Waals surface area contributed by atoms with Crippen molar-refractivity contribution < 1.29 is 9.21 Å². The number of carbonyl (C=O) groups excluding carboxylic acids is 1. The van der Waals surface area contributed by atoms with Crippen molar-refractivity contribution >= 4 is 33.4 Å². The maximum atomic E-state index is 12.7. The maximum absolute atomic E-state index is 12.7. The van der Waals surface area contributed by atoms with Crippen molar-refractivity contribution in [3.63, 3.8) is 0 Å². The van der Waals surface area contributed by atoms with E-state index < -0.39 is 0 Å². The summed E-state index contributed by atoms with van der Waals surface area (Å²) in [6.07, 6.45) is 2.11. The van der Waals surface area contributed by atoms with Crippen LogP contribution in [0.4, 0.5) is 0 Å². The summed E-state index contributed by atoms with van der Waals surface area (Å²) in [6, 6.07) is 9.43. The highest BCUT2D eigenvalue weighted by Gasteiger charge is 2.33. The van der Waals surface area contributed by atoms with Crippen molar-refractivity contribution in [2.24, 2.45) is 0 Å². The van der Waals surface area contributed by atoms with Crippen molar-refractivity contribution in [3.8, 4) is 0 Å². The van der Waals surface area contributed by atoms with Gasteiger partial charge in [0.15, 0.2) is 0 Å². The van der Waals surface area contributed by atoms with Crippen LogP contribution in [0.3, 0.4) is 0 Å². The van der Waals surface area contributed by atoms with Crippen LogP contribution in [0.2, 0.25) is 5.02 Å². The van der Waals surface area contributed by atoms with Gasteiger partial charge in [0.1, 0.15) is 11.5 Å². The minimum absolute atomic E-state index is 0.0175. The molecule has 1 fully saturated rings. The third kappa shape index (κ3) is 3.33. The number of carbonyl (C=O) groups is 1. The Hall–Kier alpha value is -1.26. The molecule has 21 heavy (non-hydrogen) atoms. The fourth-order valence-corrected chi connectivity index (χ4v) is 2.78. The predicted octanol–water partition coefficient (Wildman–Crippen LogP) is 4.81. The zero-order valence-electron chi connectivity index (χ0n) is 11.6. The summed E-state index contributed by atoms with van der Waals surface area (Å²) in [4.78, 5) is 14.6. The average molecular weight is 369 g/mol. The van der Waals surface area contributed by atoms with E-state index in [0.717, 1.165) is 28.8 Å². The summed E-state index contributed by atoms with van der Waals surface area (Å²) >= 11 is 9.35. The molecule has 0 N–H and O–H groups in total. The van der Waals surface area contributed by atoms with Gasteiger partial charge in [0.25, 0.3) is 5.91 Å². The van der Waals surface area contributed by atoms with Gasteiger partial charge >= 0.3 is 0 Å². The second kappa shape index (κ2) is 5.85. The van der Waals surface area contributed by atoms with Crippen molar-refractivity contribution in [1.82, 2.24) is 4.90 Å². The molecule has 110 valence electrons. The van der Waals surface area contributed by atoms with E-state index in [9.17, 15) is 4.79 Å². The Morgan fingerprint density at radius 2 is 2.14 bits per heavy atom. The highest BCUT2D eigenvalue weighted by Crippen LogP contribution is 2.31. The highest BCUT2D eigenvalue weighted by atomic mass is 79.9. The molecule has 1 aromatic heterocycles. The minimum Gasteiger partial charge on any atom is -0.464 e. The molecular formula is C16H15BrClNO2. The van der Waals surface area contributed by atoms with Gasteiger partial charge in [-0.05, 0) is 66.0 Å². The molecule has 1 saturated carbocycles. The highest BCUT2D eigenvalue weighted by molar-refractivity contribution is 9.10. The van der Waals surface area contributed by atoms with E-state index in [1.807, 2.05) is 24.0 Å². The second-order valence-electron chi connectivity index (χ2n) is 5.31. The molecule has 1 amide bonds. The van der Waals surface area contributed by atoms with E-state index in [0.29, 0.717) is 23.2 Å². The molecule has 0 atom stereocenters. The number of benzene rings is 1. The fraction of sp³-hybridized carbons (Fsp3) is 0.312. The number of aryl methyl sites for hydroxylation is 1. The zero-order valence-corrected chi connectivity index (χ0v) is 13.9. The van der Waals surface area contributed by atoms with Crippen LogP contribution >= 0.6 is 27.5 Å². The first-order valence-electron chi connectivity index (χ1n) is 6.86. The Morgan fingerprint density at radius 3 is 2.71 bits per heavy atom. The Morgan fingerprint density at radius 1 is 1.38 bits per heavy atom. The maximum Gasteiger partial charge on any atom is 0.254 e. The summed E-state index contributed by atoms with van der Waals surface area (Å²) in [5, 5.41) is 0.603. The molecule has 3 nitrogen and oxygen atoms in total. The third-order valence-corrected chi connectivity index (χ3v) is 4.75. The number of rotatable bonds is 4. The van der Waals surface area contributed by atoms with Crippen molar-refractivity contribution in [2.45, 2.75) is 32.4 Å². The molecule has 0 spiro atoms. The molecular weight excluding hydrogens is 354 g/mol. The number of hydrogen-bond acceptors (Lipinski definition) is 2. The molecule has 3 rings (SSSR count). The van der Waals surface area contributed by atoms with Gasteiger partial charge in [-0.1, -0.05) is 11.6 Å². The predicted molar refractivity (Wildman–Crippen MR) is 85.5 cm³/mol. The van der Waals surface area contributed by atoms with Gasteiger partial charge in [-0.2, -0.15) is 0 Å². The van der Waals surface area contributed by atoms with Crippen LogP contribution in [-0.2, 0) is 6.54 Å². The van der Waals surface area contributed by atoms with Crippen molar-refractivity contribution in [3.05, 3.63) is 56.9 Å². The molecule has 0 saturated heterocycles. The number of halogens is 2. The molecule has 2 aromatic rings. The summed E-state index contributed by atoms with van der Waals surface area (Å²) in [5.41, 5.74) is 0.640. The number of hydrogen-bond donors (Lipinski definition) is 0. The van der Waals surface area contributed by atoms with Crippen LogP contribution in [-0.4, -0.2) is 16.8 Å². The van der Waals surface area contributed by atoms with Gasteiger partial charge < -0.3 is 9.32 Å². The minimum atomic E-state index is 0.0175. The van der Waals surface area contributed by atoms with Crippen LogP contribution in [0, 0.1) is 6.92 Å². The quantitative estimate of drug-likeness (QED) is 0.776. The number of furan rings is 1. The first kappa shape index (κ1) is 14.7. The van der Waals surface area contributed by atoms with E-state index in [1.54, 1.807) is 18.2 Å². The Balaban J connectivity index is 1.83.